The van der Waals surface area contributed by atoms with Crippen LogP contribution in [0.25, 0.3) is 10.8 Å². The highest BCUT2D eigenvalue weighted by Gasteiger charge is 2.08. The van der Waals surface area contributed by atoms with Crippen molar-refractivity contribution in [2.24, 2.45) is 0 Å². The highest BCUT2D eigenvalue weighted by Crippen LogP contribution is 2.33. The summed E-state index contributed by atoms with van der Waals surface area (Å²) in [6.45, 7) is 3.29. The van der Waals surface area contributed by atoms with E-state index in [4.69, 9.17) is 4.74 Å². The van der Waals surface area contributed by atoms with E-state index in [9.17, 15) is 15.0 Å². The first kappa shape index (κ1) is 11.0. The summed E-state index contributed by atoms with van der Waals surface area (Å²) < 4.78 is 4.98. The maximum absolute atomic E-state index is 11.1. The van der Waals surface area contributed by atoms with Crippen LogP contribution in [0.1, 0.15) is 0 Å². The first-order valence-electron chi connectivity index (χ1n) is 4.90. The molecule has 0 saturated carbocycles. The molecule has 0 spiro atoms. The average molecular weight is 230 g/mol. The van der Waals surface area contributed by atoms with E-state index >= 15 is 0 Å². The molecule has 0 aliphatic heterocycles. The lowest BCUT2D eigenvalue weighted by Crippen LogP contribution is -2.03. The first-order chi connectivity index (χ1) is 8.10. The third kappa shape index (κ3) is 2.20. The van der Waals surface area contributed by atoms with Gasteiger partial charge in [0.1, 0.15) is 17.2 Å². The van der Waals surface area contributed by atoms with Gasteiger partial charge in [-0.3, -0.25) is 0 Å². The monoisotopic (exact) mass is 230 g/mol. The molecule has 0 bridgehead atoms. The van der Waals surface area contributed by atoms with Gasteiger partial charge in [0, 0.05) is 17.5 Å². The SMILES string of the molecule is C=CC(=O)Oc1cc(O)cc2ccc(O)cc12. The van der Waals surface area contributed by atoms with Gasteiger partial charge in [-0.05, 0) is 23.6 Å². The number of carbonyl (C=O) groups excluding carboxylic acids is 1. The molecule has 2 N–H and O–H groups in total. The molecule has 0 heterocycles. The van der Waals surface area contributed by atoms with Crippen LogP contribution in [0, 0.1) is 0 Å². The van der Waals surface area contributed by atoms with Crippen molar-refractivity contribution in [3.63, 3.8) is 0 Å². The molecule has 17 heavy (non-hydrogen) atoms. The lowest BCUT2D eigenvalue weighted by atomic mass is 10.1. The second-order valence-corrected chi connectivity index (χ2v) is 3.47. The number of phenolic OH excluding ortho intramolecular Hbond substituents is 2. The molecule has 0 aromatic heterocycles. The molecular formula is C13H10O4. The number of phenols is 2. The summed E-state index contributed by atoms with van der Waals surface area (Å²) in [5, 5.41) is 20.1. The quantitative estimate of drug-likeness (QED) is 0.472. The number of ether oxygens (including phenoxy) is 1. The Balaban J connectivity index is 2.63. The molecule has 0 saturated heterocycles. The molecule has 4 heteroatoms. The fraction of sp³-hybridized carbons (Fsp3) is 0. The van der Waals surface area contributed by atoms with E-state index in [2.05, 4.69) is 6.58 Å². The number of carbonyl (C=O) groups is 1. The van der Waals surface area contributed by atoms with Gasteiger partial charge in [0.2, 0.25) is 0 Å². The predicted molar refractivity (Wildman–Crippen MR) is 63.1 cm³/mol. The largest absolute Gasteiger partial charge is 0.508 e. The summed E-state index contributed by atoms with van der Waals surface area (Å²) in [4.78, 5) is 11.1. The van der Waals surface area contributed by atoms with Gasteiger partial charge in [0.05, 0.1) is 0 Å². The molecule has 0 aliphatic rings. The number of aromatic hydroxyl groups is 2. The van der Waals surface area contributed by atoms with Gasteiger partial charge >= 0.3 is 5.97 Å². The van der Waals surface area contributed by atoms with Crippen molar-refractivity contribution >= 4 is 16.7 Å². The second-order valence-electron chi connectivity index (χ2n) is 3.47. The van der Waals surface area contributed by atoms with Crippen LogP contribution in [0.4, 0.5) is 0 Å². The zero-order valence-corrected chi connectivity index (χ0v) is 8.88. The van der Waals surface area contributed by atoms with Crippen LogP contribution in [0.5, 0.6) is 17.2 Å². The van der Waals surface area contributed by atoms with E-state index in [0.29, 0.717) is 10.8 Å². The van der Waals surface area contributed by atoms with Crippen LogP contribution in [-0.2, 0) is 4.79 Å². The molecule has 0 atom stereocenters. The van der Waals surface area contributed by atoms with E-state index in [-0.39, 0.29) is 17.2 Å². The van der Waals surface area contributed by atoms with Gasteiger partial charge in [-0.1, -0.05) is 12.6 Å². The van der Waals surface area contributed by atoms with Crippen molar-refractivity contribution in [1.29, 1.82) is 0 Å². The molecule has 0 fully saturated rings. The van der Waals surface area contributed by atoms with Crippen molar-refractivity contribution in [3.05, 3.63) is 43.0 Å². The second kappa shape index (κ2) is 4.17. The maximum Gasteiger partial charge on any atom is 0.335 e. The molecule has 2 aromatic carbocycles. The average Bonchev–Trinajstić information content (AvgIpc) is 2.29. The summed E-state index contributed by atoms with van der Waals surface area (Å²) >= 11 is 0. The Morgan fingerprint density at radius 3 is 2.65 bits per heavy atom. The van der Waals surface area contributed by atoms with E-state index < -0.39 is 5.97 Å². The highest BCUT2D eigenvalue weighted by molar-refractivity contribution is 5.94. The van der Waals surface area contributed by atoms with Crippen LogP contribution in [0.2, 0.25) is 0 Å². The third-order valence-electron chi connectivity index (χ3n) is 2.26. The Hall–Kier alpha value is -2.49. The van der Waals surface area contributed by atoms with Crippen LogP contribution >= 0.6 is 0 Å². The summed E-state index contributed by atoms with van der Waals surface area (Å²) in [5.41, 5.74) is 0. The molecule has 2 rings (SSSR count). The Morgan fingerprint density at radius 2 is 1.94 bits per heavy atom. The Labute approximate surface area is 97.4 Å². The first-order valence-corrected chi connectivity index (χ1v) is 4.90. The minimum Gasteiger partial charge on any atom is -0.508 e. The molecule has 0 radical (unpaired) electrons. The van der Waals surface area contributed by atoms with Crippen LogP contribution in [0.3, 0.4) is 0 Å². The van der Waals surface area contributed by atoms with E-state index in [1.807, 2.05) is 0 Å². The minimum atomic E-state index is -0.625. The number of hydrogen-bond donors (Lipinski definition) is 2. The van der Waals surface area contributed by atoms with Gasteiger partial charge in [-0.2, -0.15) is 0 Å². The Bertz CT molecular complexity index is 602. The number of esters is 1. The summed E-state index contributed by atoms with van der Waals surface area (Å²) in [7, 11) is 0. The van der Waals surface area contributed by atoms with Gasteiger partial charge < -0.3 is 14.9 Å². The molecule has 2 aromatic rings. The number of hydrogen-bond acceptors (Lipinski definition) is 4. The van der Waals surface area contributed by atoms with E-state index in [1.54, 1.807) is 6.07 Å². The van der Waals surface area contributed by atoms with Gasteiger partial charge in [0.15, 0.2) is 0 Å². The number of fused-ring (bicyclic) bond motifs is 1. The molecule has 4 nitrogen and oxygen atoms in total. The van der Waals surface area contributed by atoms with E-state index in [1.165, 1.54) is 24.3 Å². The highest BCUT2D eigenvalue weighted by atomic mass is 16.5. The zero-order valence-electron chi connectivity index (χ0n) is 8.88. The maximum atomic E-state index is 11.1. The standard InChI is InChI=1S/C13H10O4/c1-2-13(16)17-12-7-10(15)5-8-3-4-9(14)6-11(8)12/h2-7,14-15H,1H2. The lowest BCUT2D eigenvalue weighted by Gasteiger charge is -2.07. The summed E-state index contributed by atoms with van der Waals surface area (Å²) in [6, 6.07) is 7.39. The fourth-order valence-electron chi connectivity index (χ4n) is 1.53. The van der Waals surface area contributed by atoms with Crippen molar-refractivity contribution in [3.8, 4) is 17.2 Å². The van der Waals surface area contributed by atoms with E-state index in [0.717, 1.165) is 6.08 Å². The third-order valence-corrected chi connectivity index (χ3v) is 2.26. The minimum absolute atomic E-state index is 0.0185. The van der Waals surface area contributed by atoms with Crippen molar-refractivity contribution in [1.82, 2.24) is 0 Å². The van der Waals surface area contributed by atoms with Crippen LogP contribution < -0.4 is 4.74 Å². The van der Waals surface area contributed by atoms with Gasteiger partial charge in [-0.25, -0.2) is 4.79 Å². The summed E-state index contributed by atoms with van der Waals surface area (Å²) in [6.07, 6.45) is 1.03. The van der Waals surface area contributed by atoms with Gasteiger partial charge in [-0.15, -0.1) is 0 Å². The van der Waals surface area contributed by atoms with Crippen molar-refractivity contribution < 1.29 is 19.7 Å². The summed E-state index contributed by atoms with van der Waals surface area (Å²) in [5.74, 6) is -0.407. The molecular weight excluding hydrogens is 220 g/mol. The van der Waals surface area contributed by atoms with Crippen LogP contribution in [0.15, 0.2) is 43.0 Å². The topological polar surface area (TPSA) is 66.8 Å². The Morgan fingerprint density at radius 1 is 1.18 bits per heavy atom. The molecule has 0 aliphatic carbocycles. The molecule has 0 unspecified atom stereocenters. The normalized spacial score (nSPS) is 10.1. The predicted octanol–water partition coefficient (Wildman–Crippen LogP) is 2.34. The van der Waals surface area contributed by atoms with Crippen molar-refractivity contribution in [2.45, 2.75) is 0 Å². The zero-order chi connectivity index (χ0) is 12.4. The van der Waals surface area contributed by atoms with Crippen molar-refractivity contribution in [2.75, 3.05) is 0 Å². The lowest BCUT2D eigenvalue weighted by molar-refractivity contribution is -0.128. The fourth-order valence-corrected chi connectivity index (χ4v) is 1.53. The smallest absolute Gasteiger partial charge is 0.335 e. The number of benzene rings is 2. The van der Waals surface area contributed by atoms with Gasteiger partial charge in [0.25, 0.3) is 0 Å². The van der Waals surface area contributed by atoms with Crippen LogP contribution in [-0.4, -0.2) is 16.2 Å². The number of rotatable bonds is 2. The molecule has 0 amide bonds. The molecule has 86 valence electrons. The Kier molecular flexibility index (Phi) is 2.70.